The van der Waals surface area contributed by atoms with Crippen LogP contribution in [-0.2, 0) is 0 Å². The number of thioether (sulfide) groups is 2. The van der Waals surface area contributed by atoms with E-state index in [2.05, 4.69) is 39.8 Å². The van der Waals surface area contributed by atoms with Crippen molar-refractivity contribution in [2.45, 2.75) is 23.0 Å². The molecule has 1 N–H and O–H groups in total. The first kappa shape index (κ1) is 12.9. The zero-order chi connectivity index (χ0) is 13.7. The maximum atomic E-state index is 12.6. The van der Waals surface area contributed by atoms with Crippen molar-refractivity contribution in [1.29, 1.82) is 0 Å². The number of piperidine rings is 1. The van der Waals surface area contributed by atoms with Gasteiger partial charge in [0.1, 0.15) is 0 Å². The quantitative estimate of drug-likeness (QED) is 0.863. The molecule has 0 saturated carbocycles. The minimum atomic E-state index is 0.227. The van der Waals surface area contributed by atoms with Crippen molar-refractivity contribution < 1.29 is 4.79 Å². The lowest BCUT2D eigenvalue weighted by atomic mass is 9.95. The summed E-state index contributed by atoms with van der Waals surface area (Å²) < 4.78 is 0.351. The third kappa shape index (κ3) is 1.72. The summed E-state index contributed by atoms with van der Waals surface area (Å²) in [6.45, 7) is 0.904. The van der Waals surface area contributed by atoms with Crippen LogP contribution >= 0.6 is 23.5 Å². The summed E-state index contributed by atoms with van der Waals surface area (Å²) >= 11 is 4.22. The van der Waals surface area contributed by atoms with Gasteiger partial charge in [-0.3, -0.25) is 4.79 Å². The second kappa shape index (κ2) is 4.60. The van der Waals surface area contributed by atoms with Gasteiger partial charge < -0.3 is 10.2 Å². The molecule has 1 unspecified atom stereocenters. The van der Waals surface area contributed by atoms with Gasteiger partial charge in [-0.1, -0.05) is 6.07 Å². The van der Waals surface area contributed by atoms with E-state index in [4.69, 9.17) is 0 Å². The fraction of sp³-hybridized carbons (Fsp3) is 0.533. The molecule has 106 valence electrons. The topological polar surface area (TPSA) is 32.3 Å². The molecule has 0 aliphatic carbocycles. The van der Waals surface area contributed by atoms with Gasteiger partial charge in [0.25, 0.3) is 5.91 Å². The van der Waals surface area contributed by atoms with Crippen LogP contribution in [0.15, 0.2) is 18.2 Å². The SMILES string of the molecule is CNc1cccc2c1C1CC3(CCN1C2=O)SCCS3. The van der Waals surface area contributed by atoms with Crippen molar-refractivity contribution in [2.24, 2.45) is 0 Å². The summed E-state index contributed by atoms with van der Waals surface area (Å²) in [5.74, 6) is 2.74. The minimum absolute atomic E-state index is 0.227. The first-order valence-electron chi connectivity index (χ1n) is 7.14. The average molecular weight is 306 g/mol. The molecule has 1 amide bonds. The van der Waals surface area contributed by atoms with Gasteiger partial charge in [-0.25, -0.2) is 0 Å². The van der Waals surface area contributed by atoms with Crippen LogP contribution in [0.2, 0.25) is 0 Å². The zero-order valence-electron chi connectivity index (χ0n) is 11.5. The number of hydrogen-bond acceptors (Lipinski definition) is 4. The summed E-state index contributed by atoms with van der Waals surface area (Å²) in [5, 5.41) is 3.27. The van der Waals surface area contributed by atoms with Crippen molar-refractivity contribution in [3.8, 4) is 0 Å². The second-order valence-electron chi connectivity index (χ2n) is 5.59. The fourth-order valence-electron chi connectivity index (χ4n) is 3.70. The Labute approximate surface area is 127 Å². The third-order valence-corrected chi connectivity index (χ3v) is 8.20. The predicted molar refractivity (Wildman–Crippen MR) is 86.6 cm³/mol. The molecule has 5 heteroatoms. The van der Waals surface area contributed by atoms with Crippen molar-refractivity contribution in [3.05, 3.63) is 29.3 Å². The Morgan fingerprint density at radius 2 is 2.15 bits per heavy atom. The van der Waals surface area contributed by atoms with E-state index in [1.807, 2.05) is 19.2 Å². The Hall–Kier alpha value is -0.810. The number of benzene rings is 1. The molecule has 1 aromatic rings. The van der Waals surface area contributed by atoms with E-state index >= 15 is 0 Å². The molecule has 3 aliphatic rings. The van der Waals surface area contributed by atoms with Crippen LogP contribution in [0, 0.1) is 0 Å². The lowest BCUT2D eigenvalue weighted by Crippen LogP contribution is -2.41. The maximum Gasteiger partial charge on any atom is 0.254 e. The van der Waals surface area contributed by atoms with Gasteiger partial charge in [0.2, 0.25) is 0 Å². The van der Waals surface area contributed by atoms with E-state index < -0.39 is 0 Å². The predicted octanol–water partition coefficient (Wildman–Crippen LogP) is 3.20. The summed E-state index contributed by atoms with van der Waals surface area (Å²) in [7, 11) is 1.94. The molecule has 2 fully saturated rings. The van der Waals surface area contributed by atoms with Crippen LogP contribution in [0.3, 0.4) is 0 Å². The highest BCUT2D eigenvalue weighted by Gasteiger charge is 2.49. The van der Waals surface area contributed by atoms with Crippen LogP contribution in [0.1, 0.15) is 34.8 Å². The van der Waals surface area contributed by atoms with Gasteiger partial charge in [0, 0.05) is 41.9 Å². The molecular weight excluding hydrogens is 288 g/mol. The standard InChI is InChI=1S/C15H18N2OS2/c1-16-11-4-2-3-10-13(11)12-9-15(19-7-8-20-15)5-6-17(12)14(10)18/h2-4,12,16H,5-9H2,1H3. The number of fused-ring (bicyclic) bond motifs is 3. The summed E-state index contributed by atoms with van der Waals surface area (Å²) in [5.41, 5.74) is 3.26. The Morgan fingerprint density at radius 3 is 2.90 bits per heavy atom. The van der Waals surface area contributed by atoms with Gasteiger partial charge in [-0.2, -0.15) is 0 Å². The van der Waals surface area contributed by atoms with Crippen LogP contribution in [0.4, 0.5) is 5.69 Å². The van der Waals surface area contributed by atoms with Crippen LogP contribution in [0.5, 0.6) is 0 Å². The lowest BCUT2D eigenvalue weighted by molar-refractivity contribution is 0.0669. The lowest BCUT2D eigenvalue weighted by Gasteiger charge is -2.41. The molecule has 2 saturated heterocycles. The van der Waals surface area contributed by atoms with E-state index in [1.165, 1.54) is 17.1 Å². The van der Waals surface area contributed by atoms with Crippen LogP contribution < -0.4 is 5.32 Å². The number of nitrogens with zero attached hydrogens (tertiary/aromatic N) is 1. The Morgan fingerprint density at radius 1 is 1.35 bits per heavy atom. The van der Waals surface area contributed by atoms with Crippen molar-refractivity contribution in [3.63, 3.8) is 0 Å². The number of carbonyl (C=O) groups is 1. The first-order valence-corrected chi connectivity index (χ1v) is 9.11. The number of hydrogen-bond donors (Lipinski definition) is 1. The van der Waals surface area contributed by atoms with E-state index in [0.717, 1.165) is 30.6 Å². The average Bonchev–Trinajstić information content (AvgIpc) is 3.04. The van der Waals surface area contributed by atoms with E-state index in [-0.39, 0.29) is 11.9 Å². The minimum Gasteiger partial charge on any atom is -0.388 e. The van der Waals surface area contributed by atoms with E-state index in [9.17, 15) is 4.79 Å². The molecule has 4 rings (SSSR count). The first-order chi connectivity index (χ1) is 9.74. The zero-order valence-corrected chi connectivity index (χ0v) is 13.1. The van der Waals surface area contributed by atoms with Gasteiger partial charge in [-0.15, -0.1) is 23.5 Å². The number of carbonyl (C=O) groups excluding carboxylic acids is 1. The highest BCUT2D eigenvalue weighted by molar-refractivity contribution is 8.21. The molecule has 0 aromatic heterocycles. The van der Waals surface area contributed by atoms with Crippen molar-refractivity contribution in [1.82, 2.24) is 4.90 Å². The molecule has 1 aromatic carbocycles. The molecule has 1 spiro atoms. The highest BCUT2D eigenvalue weighted by Crippen LogP contribution is 2.57. The normalized spacial score (nSPS) is 26.8. The molecule has 0 bridgehead atoms. The van der Waals surface area contributed by atoms with Gasteiger partial charge in [-0.05, 0) is 25.0 Å². The molecule has 3 nitrogen and oxygen atoms in total. The summed E-state index contributed by atoms with van der Waals surface area (Å²) in [6, 6.07) is 6.33. The number of rotatable bonds is 1. The number of nitrogens with one attached hydrogen (secondary N) is 1. The molecule has 3 aliphatic heterocycles. The number of anilines is 1. The summed E-state index contributed by atoms with van der Waals surface area (Å²) in [6.07, 6.45) is 2.23. The van der Waals surface area contributed by atoms with Crippen LogP contribution in [-0.4, -0.2) is 40.0 Å². The molecule has 3 heterocycles. The highest BCUT2D eigenvalue weighted by atomic mass is 32.2. The molecule has 0 radical (unpaired) electrons. The van der Waals surface area contributed by atoms with E-state index in [0.29, 0.717) is 4.08 Å². The smallest absolute Gasteiger partial charge is 0.254 e. The molecule has 1 atom stereocenters. The van der Waals surface area contributed by atoms with Gasteiger partial charge >= 0.3 is 0 Å². The van der Waals surface area contributed by atoms with Crippen molar-refractivity contribution in [2.75, 3.05) is 30.4 Å². The molecule has 20 heavy (non-hydrogen) atoms. The van der Waals surface area contributed by atoms with Gasteiger partial charge in [0.05, 0.1) is 10.1 Å². The van der Waals surface area contributed by atoms with Crippen molar-refractivity contribution >= 4 is 35.1 Å². The largest absolute Gasteiger partial charge is 0.388 e. The second-order valence-corrected chi connectivity index (χ2v) is 8.81. The van der Waals surface area contributed by atoms with Crippen LogP contribution in [0.25, 0.3) is 0 Å². The summed E-state index contributed by atoms with van der Waals surface area (Å²) in [4.78, 5) is 14.7. The van der Waals surface area contributed by atoms with E-state index in [1.54, 1.807) is 0 Å². The third-order valence-electron chi connectivity index (χ3n) is 4.63. The number of amides is 1. The molecular formula is C15H18N2OS2. The fourth-order valence-corrected chi connectivity index (χ4v) is 6.96. The Kier molecular flexibility index (Phi) is 2.96. The Bertz CT molecular complexity index is 569. The monoisotopic (exact) mass is 306 g/mol. The Balaban J connectivity index is 1.77. The maximum absolute atomic E-state index is 12.6. The van der Waals surface area contributed by atoms with Gasteiger partial charge in [0.15, 0.2) is 0 Å².